The van der Waals surface area contributed by atoms with Gasteiger partial charge in [-0.3, -0.25) is 0 Å². The van der Waals surface area contributed by atoms with Crippen molar-refractivity contribution in [3.05, 3.63) is 60.4 Å². The number of rotatable bonds is 2. The van der Waals surface area contributed by atoms with Crippen LogP contribution in [0.2, 0.25) is 0 Å². The molecule has 1 aliphatic rings. The normalized spacial score (nSPS) is 19.0. The summed E-state index contributed by atoms with van der Waals surface area (Å²) in [6.45, 7) is 7.72. The highest BCUT2D eigenvalue weighted by Crippen LogP contribution is 2.37. The Labute approximate surface area is 154 Å². The van der Waals surface area contributed by atoms with E-state index in [1.54, 1.807) is 18.2 Å². The van der Waals surface area contributed by atoms with Gasteiger partial charge in [0.15, 0.2) is 0 Å². The van der Waals surface area contributed by atoms with E-state index < -0.39 is 24.1 Å². The van der Waals surface area contributed by atoms with Gasteiger partial charge in [0.05, 0.1) is 18.3 Å². The third-order valence-corrected chi connectivity index (χ3v) is 5.32. The largest absolute Gasteiger partial charge is 0.497 e. The number of hydrogen-bond acceptors (Lipinski definition) is 3. The molecule has 132 valence electrons. The van der Waals surface area contributed by atoms with Crippen LogP contribution in [0.3, 0.4) is 0 Å². The monoisotopic (exact) mass is 350 g/mol. The zero-order valence-electron chi connectivity index (χ0n) is 16.3. The van der Waals surface area contributed by atoms with Gasteiger partial charge in [-0.05, 0) is 33.8 Å². The van der Waals surface area contributed by atoms with E-state index in [2.05, 4.69) is 4.98 Å². The minimum Gasteiger partial charge on any atom is -0.399 e. The predicted octanol–water partition coefficient (Wildman–Crippen LogP) is 4.34. The minimum absolute atomic E-state index is 0.161. The molecule has 26 heavy (non-hydrogen) atoms. The third kappa shape index (κ3) is 2.72. The Bertz CT molecular complexity index is 1010. The molecule has 0 N–H and O–H groups in total. The second-order valence-electron chi connectivity index (χ2n) is 7.60. The number of aromatic nitrogens is 1. The van der Waals surface area contributed by atoms with Crippen LogP contribution in [-0.2, 0) is 9.31 Å². The number of pyridine rings is 1. The smallest absolute Gasteiger partial charge is 0.399 e. The van der Waals surface area contributed by atoms with E-state index >= 15 is 4.39 Å². The van der Waals surface area contributed by atoms with E-state index in [0.29, 0.717) is 16.5 Å². The van der Waals surface area contributed by atoms with Crippen molar-refractivity contribution in [3.8, 4) is 11.3 Å². The Balaban J connectivity index is 1.85. The molecule has 1 aromatic heterocycles. The summed E-state index contributed by atoms with van der Waals surface area (Å²) in [6, 6.07) is 14.7. The fraction of sp³-hybridized carbons (Fsp3) is 0.286. The molecular formula is C21H21BFNO2. The van der Waals surface area contributed by atoms with E-state index in [9.17, 15) is 0 Å². The molecule has 0 aliphatic carbocycles. The van der Waals surface area contributed by atoms with Crippen molar-refractivity contribution < 1.29 is 15.1 Å². The lowest BCUT2D eigenvalue weighted by Gasteiger charge is -2.32. The summed E-state index contributed by atoms with van der Waals surface area (Å²) in [7, 11) is -0.809. The van der Waals surface area contributed by atoms with Crippen molar-refractivity contribution in [2.24, 2.45) is 0 Å². The first-order chi connectivity index (χ1) is 12.7. The number of nitrogens with zero attached hydrogens (tertiary/aromatic N) is 1. The van der Waals surface area contributed by atoms with Crippen molar-refractivity contribution >= 4 is 23.5 Å². The van der Waals surface area contributed by atoms with Crippen LogP contribution in [0.1, 0.15) is 29.1 Å². The van der Waals surface area contributed by atoms with E-state index in [-0.39, 0.29) is 11.6 Å². The van der Waals surface area contributed by atoms with Crippen molar-refractivity contribution in [1.29, 1.82) is 0 Å². The van der Waals surface area contributed by atoms with Crippen LogP contribution >= 0.6 is 0 Å². The topological polar surface area (TPSA) is 31.4 Å². The van der Waals surface area contributed by atoms with Gasteiger partial charge in [0.2, 0.25) is 0 Å². The first kappa shape index (κ1) is 16.0. The van der Waals surface area contributed by atoms with E-state index in [0.717, 1.165) is 5.56 Å². The average Bonchev–Trinajstić information content (AvgIpc) is 2.84. The lowest BCUT2D eigenvalue weighted by Crippen LogP contribution is -2.41. The fourth-order valence-electron chi connectivity index (χ4n) is 3.01. The highest BCUT2D eigenvalue weighted by Gasteiger charge is 2.52. The van der Waals surface area contributed by atoms with Gasteiger partial charge in [-0.15, -0.1) is 0 Å². The Morgan fingerprint density at radius 1 is 0.962 bits per heavy atom. The molecule has 3 aromatic rings. The summed E-state index contributed by atoms with van der Waals surface area (Å²) < 4.78 is 35.7. The highest BCUT2D eigenvalue weighted by atomic mass is 19.1. The molecule has 2 heterocycles. The van der Waals surface area contributed by atoms with Crippen molar-refractivity contribution in [2.75, 3.05) is 0 Å². The summed E-state index contributed by atoms with van der Waals surface area (Å²) in [5.41, 5.74) is 0.760. The molecular weight excluding hydrogens is 328 g/mol. The molecule has 5 heteroatoms. The summed E-state index contributed by atoms with van der Waals surface area (Å²) in [5.74, 6) is -0.503. The molecule has 0 atom stereocenters. The number of hydrogen-bond donors (Lipinski definition) is 0. The Kier molecular flexibility index (Phi) is 3.62. The van der Waals surface area contributed by atoms with Crippen LogP contribution in [0.4, 0.5) is 4.39 Å². The SMILES string of the molecule is [2H]c1cc(-c2ccccc2)nc2c(F)c(B3OC(C)(C)C(C)(C)O3)ccc12. The van der Waals surface area contributed by atoms with Crippen LogP contribution < -0.4 is 5.46 Å². The highest BCUT2D eigenvalue weighted by molar-refractivity contribution is 6.62. The van der Waals surface area contributed by atoms with Gasteiger partial charge < -0.3 is 9.31 Å². The lowest BCUT2D eigenvalue weighted by atomic mass is 9.78. The van der Waals surface area contributed by atoms with E-state index in [1.807, 2.05) is 58.0 Å². The van der Waals surface area contributed by atoms with E-state index in [4.69, 9.17) is 10.7 Å². The van der Waals surface area contributed by atoms with Gasteiger partial charge >= 0.3 is 7.12 Å². The summed E-state index contributed by atoms with van der Waals surface area (Å²) in [6.07, 6.45) is 0. The van der Waals surface area contributed by atoms with Gasteiger partial charge in [-0.25, -0.2) is 9.37 Å². The number of halogens is 1. The maximum absolute atomic E-state index is 15.4. The quantitative estimate of drug-likeness (QED) is 0.645. The van der Waals surface area contributed by atoms with Crippen molar-refractivity contribution in [2.45, 2.75) is 38.9 Å². The zero-order chi connectivity index (χ0) is 19.4. The Hall–Kier alpha value is -2.24. The molecule has 3 nitrogen and oxygen atoms in total. The molecule has 0 bridgehead atoms. The van der Waals surface area contributed by atoms with Crippen LogP contribution in [0.25, 0.3) is 22.2 Å². The molecule has 0 amide bonds. The molecule has 2 aromatic carbocycles. The van der Waals surface area contributed by atoms with Crippen molar-refractivity contribution in [3.63, 3.8) is 0 Å². The van der Waals surface area contributed by atoms with Crippen LogP contribution in [0.5, 0.6) is 0 Å². The van der Waals surface area contributed by atoms with Crippen LogP contribution in [0.15, 0.2) is 54.6 Å². The number of fused-ring (bicyclic) bond motifs is 1. The minimum atomic E-state index is -0.809. The molecule has 0 saturated carbocycles. The molecule has 0 radical (unpaired) electrons. The van der Waals surface area contributed by atoms with Gasteiger partial charge in [0, 0.05) is 16.4 Å². The Morgan fingerprint density at radius 2 is 1.62 bits per heavy atom. The summed E-state index contributed by atoms with van der Waals surface area (Å²) in [4.78, 5) is 4.50. The first-order valence-corrected chi connectivity index (χ1v) is 8.70. The second-order valence-corrected chi connectivity index (χ2v) is 7.60. The third-order valence-electron chi connectivity index (χ3n) is 5.32. The zero-order valence-corrected chi connectivity index (χ0v) is 15.3. The number of benzene rings is 2. The predicted molar refractivity (Wildman–Crippen MR) is 103 cm³/mol. The van der Waals surface area contributed by atoms with Gasteiger partial charge in [-0.2, -0.15) is 0 Å². The molecule has 0 unspecified atom stereocenters. The standard InChI is InChI=1S/C21H21BFNO2/c1-20(2)21(3,4)26-22(25-20)16-12-10-15-11-13-17(24-19(15)18(16)23)14-8-6-5-7-9-14/h5-13H,1-4H3/i11D. The van der Waals surface area contributed by atoms with Gasteiger partial charge in [-0.1, -0.05) is 48.5 Å². The maximum Gasteiger partial charge on any atom is 0.497 e. The first-order valence-electron chi connectivity index (χ1n) is 9.20. The summed E-state index contributed by atoms with van der Waals surface area (Å²) in [5, 5.41) is 0.465. The molecule has 4 rings (SSSR count). The van der Waals surface area contributed by atoms with Gasteiger partial charge in [0.1, 0.15) is 11.3 Å². The molecule has 1 aliphatic heterocycles. The molecule has 1 saturated heterocycles. The van der Waals surface area contributed by atoms with Gasteiger partial charge in [0.25, 0.3) is 0 Å². The Morgan fingerprint density at radius 3 is 2.27 bits per heavy atom. The summed E-state index contributed by atoms with van der Waals surface area (Å²) >= 11 is 0. The fourth-order valence-corrected chi connectivity index (χ4v) is 3.01. The van der Waals surface area contributed by atoms with Crippen LogP contribution in [-0.4, -0.2) is 23.3 Å². The van der Waals surface area contributed by atoms with Crippen LogP contribution in [0, 0.1) is 5.82 Å². The average molecular weight is 350 g/mol. The second kappa shape index (κ2) is 5.90. The maximum atomic E-state index is 15.4. The molecule has 0 spiro atoms. The van der Waals surface area contributed by atoms with E-state index in [1.165, 1.54) is 0 Å². The lowest BCUT2D eigenvalue weighted by molar-refractivity contribution is 0.00578. The van der Waals surface area contributed by atoms with Crippen molar-refractivity contribution in [1.82, 2.24) is 4.98 Å². The molecule has 1 fully saturated rings.